The number of thiophene rings is 1. The molecule has 1 unspecified atom stereocenters. The molecule has 0 aromatic carbocycles. The lowest BCUT2D eigenvalue weighted by atomic mass is 9.95. The first kappa shape index (κ1) is 12.1. The normalized spacial score (nSPS) is 19.1. The van der Waals surface area contributed by atoms with Crippen LogP contribution in [0.1, 0.15) is 44.6 Å². The fourth-order valence-electron chi connectivity index (χ4n) is 2.87. The summed E-state index contributed by atoms with van der Waals surface area (Å²) in [6.45, 7) is 3.32. The zero-order chi connectivity index (χ0) is 11.2. The van der Waals surface area contributed by atoms with Crippen LogP contribution in [0.3, 0.4) is 0 Å². The van der Waals surface area contributed by atoms with Crippen LogP contribution in [0.5, 0.6) is 0 Å². The Morgan fingerprint density at radius 2 is 2.25 bits per heavy atom. The molecule has 2 heteroatoms. The van der Waals surface area contributed by atoms with Crippen LogP contribution >= 0.6 is 11.3 Å². The highest BCUT2D eigenvalue weighted by Gasteiger charge is 2.19. The van der Waals surface area contributed by atoms with Crippen molar-refractivity contribution in [3.8, 4) is 0 Å². The molecule has 1 aromatic heterocycles. The largest absolute Gasteiger partial charge is 0.314 e. The van der Waals surface area contributed by atoms with Gasteiger partial charge in [0.05, 0.1) is 0 Å². The van der Waals surface area contributed by atoms with E-state index in [0.29, 0.717) is 6.04 Å². The smallest absolute Gasteiger partial charge is 0.0110 e. The fourth-order valence-corrected chi connectivity index (χ4v) is 3.55. The van der Waals surface area contributed by atoms with Crippen LogP contribution in [0, 0.1) is 5.92 Å². The Morgan fingerprint density at radius 1 is 1.44 bits per heavy atom. The van der Waals surface area contributed by atoms with E-state index in [0.717, 1.165) is 12.5 Å². The number of rotatable bonds is 6. The summed E-state index contributed by atoms with van der Waals surface area (Å²) < 4.78 is 0. The quantitative estimate of drug-likeness (QED) is 0.792. The van der Waals surface area contributed by atoms with Crippen molar-refractivity contribution in [1.29, 1.82) is 0 Å². The average molecular weight is 237 g/mol. The number of hydrogen-bond acceptors (Lipinski definition) is 2. The maximum Gasteiger partial charge on any atom is 0.0110 e. The van der Waals surface area contributed by atoms with Crippen molar-refractivity contribution in [2.75, 3.05) is 6.54 Å². The van der Waals surface area contributed by atoms with E-state index in [9.17, 15) is 0 Å². The van der Waals surface area contributed by atoms with Gasteiger partial charge in [0.1, 0.15) is 0 Å². The maximum absolute atomic E-state index is 3.65. The van der Waals surface area contributed by atoms with Crippen molar-refractivity contribution >= 4 is 11.3 Å². The van der Waals surface area contributed by atoms with Gasteiger partial charge in [0, 0.05) is 6.04 Å². The van der Waals surface area contributed by atoms with Crippen LogP contribution in [0.2, 0.25) is 0 Å². The molecule has 16 heavy (non-hydrogen) atoms. The zero-order valence-corrected chi connectivity index (χ0v) is 11.1. The lowest BCUT2D eigenvalue weighted by Crippen LogP contribution is -2.32. The molecule has 0 radical (unpaired) electrons. The van der Waals surface area contributed by atoms with Crippen molar-refractivity contribution in [1.82, 2.24) is 5.32 Å². The molecule has 1 nitrogen and oxygen atoms in total. The van der Waals surface area contributed by atoms with Gasteiger partial charge in [-0.25, -0.2) is 0 Å². The summed E-state index contributed by atoms with van der Waals surface area (Å²) in [5.74, 6) is 0.989. The Bertz CT molecular complexity index is 275. The van der Waals surface area contributed by atoms with E-state index in [4.69, 9.17) is 0 Å². The lowest BCUT2D eigenvalue weighted by molar-refractivity contribution is 0.390. The minimum absolute atomic E-state index is 0.697. The van der Waals surface area contributed by atoms with Crippen molar-refractivity contribution in [2.24, 2.45) is 5.92 Å². The molecule has 1 saturated carbocycles. The topological polar surface area (TPSA) is 12.0 Å². The molecule has 1 N–H and O–H groups in total. The van der Waals surface area contributed by atoms with Gasteiger partial charge in [-0.3, -0.25) is 0 Å². The van der Waals surface area contributed by atoms with Crippen LogP contribution in [-0.4, -0.2) is 12.6 Å². The highest BCUT2D eigenvalue weighted by atomic mass is 32.1. The number of hydrogen-bond donors (Lipinski definition) is 1. The van der Waals surface area contributed by atoms with Gasteiger partial charge in [-0.05, 0) is 47.7 Å². The summed E-state index contributed by atoms with van der Waals surface area (Å²) in [6, 6.07) is 2.96. The Hall–Kier alpha value is -0.340. The van der Waals surface area contributed by atoms with Gasteiger partial charge >= 0.3 is 0 Å². The monoisotopic (exact) mass is 237 g/mol. The molecule has 0 aliphatic heterocycles. The van der Waals surface area contributed by atoms with E-state index in [2.05, 4.69) is 29.1 Å². The third-order valence-corrected chi connectivity index (χ3v) is 4.38. The Labute approximate surface area is 103 Å². The lowest BCUT2D eigenvalue weighted by Gasteiger charge is -2.21. The third kappa shape index (κ3) is 3.60. The van der Waals surface area contributed by atoms with Gasteiger partial charge in [-0.15, -0.1) is 0 Å². The van der Waals surface area contributed by atoms with Crippen molar-refractivity contribution in [2.45, 2.75) is 51.5 Å². The highest BCUT2D eigenvalue weighted by molar-refractivity contribution is 7.07. The summed E-state index contributed by atoms with van der Waals surface area (Å²) in [6.07, 6.45) is 8.44. The van der Waals surface area contributed by atoms with Crippen molar-refractivity contribution in [3.63, 3.8) is 0 Å². The summed E-state index contributed by atoms with van der Waals surface area (Å²) in [7, 11) is 0. The van der Waals surface area contributed by atoms with Gasteiger partial charge < -0.3 is 5.32 Å². The predicted molar refractivity (Wildman–Crippen MR) is 72.1 cm³/mol. The highest BCUT2D eigenvalue weighted by Crippen LogP contribution is 2.29. The zero-order valence-electron chi connectivity index (χ0n) is 10.2. The van der Waals surface area contributed by atoms with E-state index in [-0.39, 0.29) is 0 Å². The van der Waals surface area contributed by atoms with Gasteiger partial charge in [0.25, 0.3) is 0 Å². The van der Waals surface area contributed by atoms with Crippen LogP contribution in [0.4, 0.5) is 0 Å². The summed E-state index contributed by atoms with van der Waals surface area (Å²) >= 11 is 1.81. The molecule has 1 fully saturated rings. The Balaban J connectivity index is 1.83. The minimum Gasteiger partial charge on any atom is -0.314 e. The first-order chi connectivity index (χ1) is 7.88. The first-order valence-corrected chi connectivity index (χ1v) is 7.57. The fraction of sp³-hybridized carbons (Fsp3) is 0.714. The van der Waals surface area contributed by atoms with E-state index >= 15 is 0 Å². The van der Waals surface area contributed by atoms with Gasteiger partial charge in [-0.1, -0.05) is 32.6 Å². The van der Waals surface area contributed by atoms with Crippen LogP contribution in [0.25, 0.3) is 0 Å². The SMILES string of the molecule is CCNC(Cc1ccsc1)CC1CCCC1. The first-order valence-electron chi connectivity index (χ1n) is 6.63. The molecule has 0 spiro atoms. The Kier molecular flexibility index (Phi) is 4.86. The predicted octanol–water partition coefficient (Wildman–Crippen LogP) is 3.85. The van der Waals surface area contributed by atoms with Crippen molar-refractivity contribution < 1.29 is 0 Å². The molecule has 1 atom stereocenters. The molecule has 2 rings (SSSR count). The molecule has 0 saturated heterocycles. The molecule has 0 amide bonds. The Morgan fingerprint density at radius 3 is 2.88 bits per heavy atom. The number of nitrogens with one attached hydrogen (secondary N) is 1. The summed E-state index contributed by atoms with van der Waals surface area (Å²) in [4.78, 5) is 0. The van der Waals surface area contributed by atoms with Gasteiger partial charge in [0.15, 0.2) is 0 Å². The molecule has 1 aromatic rings. The van der Waals surface area contributed by atoms with E-state index < -0.39 is 0 Å². The van der Waals surface area contributed by atoms with Crippen LogP contribution in [0.15, 0.2) is 16.8 Å². The van der Waals surface area contributed by atoms with E-state index in [1.54, 1.807) is 0 Å². The second kappa shape index (κ2) is 6.41. The standard InChI is InChI=1S/C14H23NS/c1-2-15-14(9-12-5-3-4-6-12)10-13-7-8-16-11-13/h7-8,11-12,14-15H,2-6,9-10H2,1H3. The molecule has 1 aliphatic carbocycles. The second-order valence-electron chi connectivity index (χ2n) is 4.98. The average Bonchev–Trinajstić information content (AvgIpc) is 2.91. The maximum atomic E-state index is 3.65. The van der Waals surface area contributed by atoms with Crippen molar-refractivity contribution in [3.05, 3.63) is 22.4 Å². The second-order valence-corrected chi connectivity index (χ2v) is 5.76. The van der Waals surface area contributed by atoms with E-state index in [1.807, 2.05) is 11.3 Å². The summed E-state index contributed by atoms with van der Waals surface area (Å²) in [5, 5.41) is 8.13. The molecular formula is C14H23NS. The minimum atomic E-state index is 0.697. The number of likely N-dealkylation sites (N-methyl/N-ethyl adjacent to an activating group) is 1. The van der Waals surface area contributed by atoms with Gasteiger partial charge in [-0.2, -0.15) is 11.3 Å². The summed E-state index contributed by atoms with van der Waals surface area (Å²) in [5.41, 5.74) is 1.51. The van der Waals surface area contributed by atoms with E-state index in [1.165, 1.54) is 44.1 Å². The molecule has 90 valence electrons. The van der Waals surface area contributed by atoms with Crippen LogP contribution in [-0.2, 0) is 6.42 Å². The third-order valence-electron chi connectivity index (χ3n) is 3.65. The molecule has 1 heterocycles. The molecule has 0 bridgehead atoms. The van der Waals surface area contributed by atoms with Gasteiger partial charge in [0.2, 0.25) is 0 Å². The van der Waals surface area contributed by atoms with Crippen LogP contribution < -0.4 is 5.32 Å². The molecular weight excluding hydrogens is 214 g/mol. The molecule has 1 aliphatic rings.